The summed E-state index contributed by atoms with van der Waals surface area (Å²) in [6.07, 6.45) is -0.713. The summed E-state index contributed by atoms with van der Waals surface area (Å²) in [5, 5.41) is 5.29. The Balaban J connectivity index is 4.10. The van der Waals surface area contributed by atoms with Gasteiger partial charge in [-0.25, -0.2) is 0 Å². The molecule has 2 atom stereocenters. The van der Waals surface area contributed by atoms with Crippen LogP contribution in [0.25, 0.3) is 0 Å². The lowest BCUT2D eigenvalue weighted by Crippen LogP contribution is -2.50. The van der Waals surface area contributed by atoms with Crippen molar-refractivity contribution < 1.29 is 14.3 Å². The highest BCUT2D eigenvalue weighted by molar-refractivity contribution is 5.89. The molecule has 0 fully saturated rings. The summed E-state index contributed by atoms with van der Waals surface area (Å²) < 4.78 is 4.87. The minimum atomic E-state index is -0.713. The van der Waals surface area contributed by atoms with Crippen LogP contribution in [0.3, 0.4) is 0 Å². The maximum absolute atomic E-state index is 11.6. The van der Waals surface area contributed by atoms with Crippen LogP contribution in [-0.4, -0.2) is 44.2 Å². The molecule has 0 aromatic carbocycles. The Bertz CT molecular complexity index is 252. The van der Waals surface area contributed by atoms with E-state index in [9.17, 15) is 9.59 Å². The Hall–Kier alpha value is -1.14. The molecule has 100 valence electrons. The second-order valence-electron chi connectivity index (χ2n) is 4.33. The first-order valence-electron chi connectivity index (χ1n) is 5.73. The molecule has 0 aromatic heterocycles. The fourth-order valence-corrected chi connectivity index (χ4v) is 1.14. The van der Waals surface area contributed by atoms with Crippen LogP contribution in [0.4, 0.5) is 0 Å². The Labute approximate surface area is 102 Å². The Morgan fingerprint density at radius 2 is 1.82 bits per heavy atom. The molecule has 6 nitrogen and oxygen atoms in total. The van der Waals surface area contributed by atoms with Crippen LogP contribution in [0.1, 0.15) is 20.8 Å². The lowest BCUT2D eigenvalue weighted by Gasteiger charge is -2.18. The Morgan fingerprint density at radius 3 is 2.24 bits per heavy atom. The third kappa shape index (κ3) is 6.23. The summed E-state index contributed by atoms with van der Waals surface area (Å²) in [5.41, 5.74) is 5.35. The predicted octanol–water partition coefficient (Wildman–Crippen LogP) is -0.763. The number of amides is 2. The van der Waals surface area contributed by atoms with Gasteiger partial charge in [0.15, 0.2) is 0 Å². The average Bonchev–Trinajstić information content (AvgIpc) is 2.27. The first-order valence-corrected chi connectivity index (χ1v) is 5.73. The number of hydrogen-bond acceptors (Lipinski definition) is 4. The molecule has 4 N–H and O–H groups in total. The second-order valence-corrected chi connectivity index (χ2v) is 4.33. The molecule has 0 aliphatic carbocycles. The van der Waals surface area contributed by atoms with E-state index in [0.29, 0.717) is 12.5 Å². The largest absolute Gasteiger partial charge is 0.370 e. The van der Waals surface area contributed by atoms with E-state index >= 15 is 0 Å². The van der Waals surface area contributed by atoms with Gasteiger partial charge in [0.25, 0.3) is 5.91 Å². The molecule has 17 heavy (non-hydrogen) atoms. The fraction of sp³-hybridized carbons (Fsp3) is 0.818. The number of ether oxygens (including phenoxy) is 1. The third-order valence-electron chi connectivity index (χ3n) is 2.23. The number of nitrogens with two attached hydrogens (primary N) is 1. The molecule has 0 bridgehead atoms. The number of rotatable bonds is 7. The summed E-state index contributed by atoms with van der Waals surface area (Å²) in [4.78, 5) is 23.1. The SMILES string of the molecule is COC(CN)C(=O)NC(C)C(=O)NCC(C)C. The Kier molecular flexibility index (Phi) is 7.49. The zero-order valence-corrected chi connectivity index (χ0v) is 10.9. The van der Waals surface area contributed by atoms with Crippen LogP contribution >= 0.6 is 0 Å². The molecule has 0 saturated heterocycles. The van der Waals surface area contributed by atoms with Crippen molar-refractivity contribution >= 4 is 11.8 Å². The summed E-state index contributed by atoms with van der Waals surface area (Å²) in [7, 11) is 1.40. The van der Waals surface area contributed by atoms with Crippen molar-refractivity contribution in [3.63, 3.8) is 0 Å². The van der Waals surface area contributed by atoms with Gasteiger partial charge < -0.3 is 21.1 Å². The van der Waals surface area contributed by atoms with Crippen LogP contribution in [0, 0.1) is 5.92 Å². The van der Waals surface area contributed by atoms with Crippen molar-refractivity contribution in [1.82, 2.24) is 10.6 Å². The third-order valence-corrected chi connectivity index (χ3v) is 2.23. The molecule has 0 spiro atoms. The van der Waals surface area contributed by atoms with Gasteiger partial charge >= 0.3 is 0 Å². The van der Waals surface area contributed by atoms with E-state index in [2.05, 4.69) is 10.6 Å². The summed E-state index contributed by atoms with van der Waals surface area (Å²) in [5.74, 6) is -0.210. The number of carbonyl (C=O) groups excluding carboxylic acids is 2. The molecule has 0 aliphatic heterocycles. The highest BCUT2D eigenvalue weighted by Crippen LogP contribution is 1.92. The molecule has 0 heterocycles. The molecule has 0 rings (SSSR count). The maximum atomic E-state index is 11.6. The van der Waals surface area contributed by atoms with Crippen LogP contribution in [-0.2, 0) is 14.3 Å². The number of carbonyl (C=O) groups is 2. The summed E-state index contributed by atoms with van der Waals surface area (Å²) >= 11 is 0. The van der Waals surface area contributed by atoms with Crippen molar-refractivity contribution in [1.29, 1.82) is 0 Å². The standard InChI is InChI=1S/C11H23N3O3/c1-7(2)6-13-10(15)8(3)14-11(16)9(5-12)17-4/h7-9H,5-6,12H2,1-4H3,(H,13,15)(H,14,16). The van der Waals surface area contributed by atoms with Gasteiger partial charge in [0.2, 0.25) is 5.91 Å². The van der Waals surface area contributed by atoms with Crippen LogP contribution < -0.4 is 16.4 Å². The minimum Gasteiger partial charge on any atom is -0.370 e. The van der Waals surface area contributed by atoms with E-state index in [1.165, 1.54) is 7.11 Å². The van der Waals surface area contributed by atoms with Crippen molar-refractivity contribution in [2.45, 2.75) is 32.9 Å². The van der Waals surface area contributed by atoms with Gasteiger partial charge in [-0.3, -0.25) is 9.59 Å². The number of nitrogens with one attached hydrogen (secondary N) is 2. The smallest absolute Gasteiger partial charge is 0.251 e. The lowest BCUT2D eigenvalue weighted by atomic mass is 10.2. The minimum absolute atomic E-state index is 0.0860. The summed E-state index contributed by atoms with van der Waals surface area (Å²) in [6, 6.07) is -0.592. The van der Waals surface area contributed by atoms with Crippen molar-refractivity contribution in [3.8, 4) is 0 Å². The summed E-state index contributed by atoms with van der Waals surface area (Å²) in [6.45, 7) is 6.29. The van der Waals surface area contributed by atoms with Gasteiger partial charge in [0, 0.05) is 20.2 Å². The topological polar surface area (TPSA) is 93.4 Å². The van der Waals surface area contributed by atoms with Gasteiger partial charge in [-0.05, 0) is 12.8 Å². The van der Waals surface area contributed by atoms with E-state index in [0.717, 1.165) is 0 Å². The van der Waals surface area contributed by atoms with Crippen LogP contribution in [0.2, 0.25) is 0 Å². The molecule has 0 saturated carbocycles. The van der Waals surface area contributed by atoms with Gasteiger partial charge in [-0.1, -0.05) is 13.8 Å². The molecular formula is C11H23N3O3. The van der Waals surface area contributed by atoms with Gasteiger partial charge in [0.1, 0.15) is 12.1 Å². The van der Waals surface area contributed by atoms with E-state index in [4.69, 9.17) is 10.5 Å². The molecule has 0 aromatic rings. The van der Waals surface area contributed by atoms with Gasteiger partial charge in [-0.15, -0.1) is 0 Å². The zero-order chi connectivity index (χ0) is 13.4. The zero-order valence-electron chi connectivity index (χ0n) is 10.9. The average molecular weight is 245 g/mol. The van der Waals surface area contributed by atoms with Crippen LogP contribution in [0.15, 0.2) is 0 Å². The van der Waals surface area contributed by atoms with E-state index < -0.39 is 12.1 Å². The normalized spacial score (nSPS) is 14.2. The van der Waals surface area contributed by atoms with E-state index in [1.807, 2.05) is 13.8 Å². The lowest BCUT2D eigenvalue weighted by molar-refractivity contribution is -0.134. The van der Waals surface area contributed by atoms with Crippen molar-refractivity contribution in [3.05, 3.63) is 0 Å². The molecule has 2 amide bonds. The monoisotopic (exact) mass is 245 g/mol. The van der Waals surface area contributed by atoms with Gasteiger partial charge in [-0.2, -0.15) is 0 Å². The Morgan fingerprint density at radius 1 is 1.24 bits per heavy atom. The second kappa shape index (κ2) is 8.03. The molecular weight excluding hydrogens is 222 g/mol. The van der Waals surface area contributed by atoms with Gasteiger partial charge in [0.05, 0.1) is 0 Å². The first-order chi connectivity index (χ1) is 7.92. The number of hydrogen-bond donors (Lipinski definition) is 3. The van der Waals surface area contributed by atoms with Crippen LogP contribution in [0.5, 0.6) is 0 Å². The number of methoxy groups -OCH3 is 1. The highest BCUT2D eigenvalue weighted by atomic mass is 16.5. The van der Waals surface area contributed by atoms with Crippen molar-refractivity contribution in [2.75, 3.05) is 20.2 Å². The van der Waals surface area contributed by atoms with Crippen molar-refractivity contribution in [2.24, 2.45) is 11.7 Å². The molecule has 2 unspecified atom stereocenters. The van der Waals surface area contributed by atoms with E-state index in [1.54, 1.807) is 6.92 Å². The predicted molar refractivity (Wildman–Crippen MR) is 65.3 cm³/mol. The van der Waals surface area contributed by atoms with E-state index in [-0.39, 0.29) is 18.4 Å². The maximum Gasteiger partial charge on any atom is 0.251 e. The molecule has 6 heteroatoms. The highest BCUT2D eigenvalue weighted by Gasteiger charge is 2.21. The fourth-order valence-electron chi connectivity index (χ4n) is 1.14. The first kappa shape index (κ1) is 15.9. The molecule has 0 radical (unpaired) electrons. The quantitative estimate of drug-likeness (QED) is 0.549. The molecule has 0 aliphatic rings.